The first-order valence-electron chi connectivity index (χ1n) is 16.0. The van der Waals surface area contributed by atoms with E-state index in [4.69, 9.17) is 14.7 Å². The number of benzene rings is 1. The predicted molar refractivity (Wildman–Crippen MR) is 178 cm³/mol. The minimum absolute atomic E-state index is 0.103. The molecule has 4 aromatic rings. The molecule has 6 rings (SSSR count). The second kappa shape index (κ2) is 12.9. The normalized spacial score (nSPS) is 15.9. The molecule has 1 fully saturated rings. The molecule has 0 aliphatic carbocycles. The summed E-state index contributed by atoms with van der Waals surface area (Å²) in [7, 11) is 0. The summed E-state index contributed by atoms with van der Waals surface area (Å²) < 4.78 is 5.56. The van der Waals surface area contributed by atoms with Crippen LogP contribution in [0.5, 0.6) is 0 Å². The number of pyridine rings is 1. The number of carbonyl (C=O) groups is 2. The second-order valence-electron chi connectivity index (χ2n) is 13.3. The third-order valence-corrected chi connectivity index (χ3v) is 9.00. The molecule has 1 aromatic carbocycles. The summed E-state index contributed by atoms with van der Waals surface area (Å²) >= 11 is 0. The van der Waals surface area contributed by atoms with Gasteiger partial charge in [-0.1, -0.05) is 32.0 Å². The summed E-state index contributed by atoms with van der Waals surface area (Å²) in [6, 6.07) is 8.24. The van der Waals surface area contributed by atoms with Crippen molar-refractivity contribution in [2.45, 2.75) is 73.0 Å². The van der Waals surface area contributed by atoms with Gasteiger partial charge in [0, 0.05) is 61.6 Å². The summed E-state index contributed by atoms with van der Waals surface area (Å²) in [5.74, 6) is 0.358. The van der Waals surface area contributed by atoms with E-state index in [9.17, 15) is 9.59 Å². The average Bonchev–Trinajstić information content (AvgIpc) is 3.05. The zero-order valence-electron chi connectivity index (χ0n) is 27.3. The number of anilines is 2. The van der Waals surface area contributed by atoms with Gasteiger partial charge in [-0.15, -0.1) is 0 Å². The van der Waals surface area contributed by atoms with Crippen molar-refractivity contribution in [3.8, 4) is 22.5 Å². The first-order chi connectivity index (χ1) is 22.1. The van der Waals surface area contributed by atoms with Crippen LogP contribution in [0.15, 0.2) is 49.1 Å². The van der Waals surface area contributed by atoms with Crippen LogP contribution in [0, 0.1) is 12.3 Å². The van der Waals surface area contributed by atoms with Crippen molar-refractivity contribution in [3.05, 3.63) is 77.1 Å². The van der Waals surface area contributed by atoms with Crippen molar-refractivity contribution in [1.29, 1.82) is 0 Å². The SMILES string of the molecule is Cc1nc(C=O)c(-c2ccc3c(c2)CCN(c2nccc(-c4cnccn4)n2)C3)c(N2CCC(C)(C)CC2)c1CC(=O)OC(C)C. The van der Waals surface area contributed by atoms with E-state index in [1.165, 1.54) is 11.1 Å². The Morgan fingerprint density at radius 3 is 2.50 bits per heavy atom. The number of rotatable bonds is 8. The minimum Gasteiger partial charge on any atom is -0.463 e. The molecule has 0 atom stereocenters. The molecule has 10 nitrogen and oxygen atoms in total. The molecule has 10 heteroatoms. The van der Waals surface area contributed by atoms with E-state index < -0.39 is 0 Å². The van der Waals surface area contributed by atoms with Crippen LogP contribution in [-0.4, -0.2) is 62.9 Å². The molecule has 0 radical (unpaired) electrons. The number of piperidine rings is 1. The molecule has 46 heavy (non-hydrogen) atoms. The molecule has 1 saturated heterocycles. The standard InChI is InChI=1S/C36H41N7O3/c1-23(2)46-32(45)19-28-24(3)40-31(22-44)33(34(28)42-16-10-36(4,5)11-17-42)26-6-7-27-21-43(15-9-25(27)18-26)35-39-12-8-29(41-35)30-20-37-13-14-38-30/h6-8,12-14,18,20,22-23H,9-11,15-17,19,21H2,1-5H3. The predicted octanol–water partition coefficient (Wildman–Crippen LogP) is 5.80. The molecular weight excluding hydrogens is 578 g/mol. The van der Waals surface area contributed by atoms with E-state index >= 15 is 0 Å². The third kappa shape index (κ3) is 6.61. The van der Waals surface area contributed by atoms with E-state index in [0.717, 1.165) is 73.3 Å². The van der Waals surface area contributed by atoms with Crippen LogP contribution >= 0.6 is 0 Å². The number of nitrogens with zero attached hydrogens (tertiary/aromatic N) is 7. The fourth-order valence-electron chi connectivity index (χ4n) is 6.42. The largest absolute Gasteiger partial charge is 0.463 e. The Bertz CT molecular complexity index is 1750. The number of aryl methyl sites for hydroxylation is 1. The van der Waals surface area contributed by atoms with Gasteiger partial charge in [-0.3, -0.25) is 19.6 Å². The molecule has 0 amide bonds. The molecule has 5 heterocycles. The zero-order valence-corrected chi connectivity index (χ0v) is 27.3. The monoisotopic (exact) mass is 619 g/mol. The van der Waals surface area contributed by atoms with Crippen LogP contribution in [0.1, 0.15) is 73.4 Å². The highest BCUT2D eigenvalue weighted by Gasteiger charge is 2.31. The first kappa shape index (κ1) is 31.3. The number of ether oxygens (including phenoxy) is 1. The molecule has 0 unspecified atom stereocenters. The number of aromatic nitrogens is 5. The first-order valence-corrected chi connectivity index (χ1v) is 16.0. The fraction of sp³-hybridized carbons (Fsp3) is 0.417. The van der Waals surface area contributed by atoms with Gasteiger partial charge in [0.05, 0.1) is 30.1 Å². The molecule has 0 spiro atoms. The lowest BCUT2D eigenvalue weighted by Crippen LogP contribution is -2.38. The van der Waals surface area contributed by atoms with Crippen molar-refractivity contribution < 1.29 is 14.3 Å². The van der Waals surface area contributed by atoms with Gasteiger partial charge in [0.1, 0.15) is 11.4 Å². The Kier molecular flexibility index (Phi) is 8.80. The summed E-state index contributed by atoms with van der Waals surface area (Å²) in [5, 5.41) is 0. The molecule has 0 bridgehead atoms. The Hall–Kier alpha value is -4.73. The van der Waals surface area contributed by atoms with Crippen molar-refractivity contribution in [1.82, 2.24) is 24.9 Å². The maximum absolute atomic E-state index is 13.0. The zero-order chi connectivity index (χ0) is 32.4. The number of fused-ring (bicyclic) bond motifs is 1. The van der Waals surface area contributed by atoms with E-state index in [0.29, 0.717) is 29.6 Å². The smallest absolute Gasteiger partial charge is 0.310 e. The van der Waals surface area contributed by atoms with Crippen molar-refractivity contribution in [2.24, 2.45) is 5.41 Å². The maximum atomic E-state index is 13.0. The molecule has 0 saturated carbocycles. The fourth-order valence-corrected chi connectivity index (χ4v) is 6.42. The van der Waals surface area contributed by atoms with E-state index in [2.05, 4.69) is 56.8 Å². The average molecular weight is 620 g/mol. The molecule has 238 valence electrons. The summed E-state index contributed by atoms with van der Waals surface area (Å²) in [6.07, 6.45) is 10.3. The van der Waals surface area contributed by atoms with Gasteiger partial charge < -0.3 is 14.5 Å². The van der Waals surface area contributed by atoms with E-state index in [-0.39, 0.29) is 23.9 Å². The number of esters is 1. The molecule has 3 aromatic heterocycles. The van der Waals surface area contributed by atoms with Gasteiger partial charge in [-0.05, 0) is 68.2 Å². The Morgan fingerprint density at radius 1 is 0.978 bits per heavy atom. The molecule has 2 aliphatic rings. The number of carbonyl (C=O) groups excluding carboxylic acids is 2. The second-order valence-corrected chi connectivity index (χ2v) is 13.3. The molecule has 2 aliphatic heterocycles. The highest BCUT2D eigenvalue weighted by atomic mass is 16.5. The van der Waals surface area contributed by atoms with Crippen molar-refractivity contribution in [3.63, 3.8) is 0 Å². The number of hydrogen-bond acceptors (Lipinski definition) is 10. The Morgan fingerprint density at radius 2 is 1.78 bits per heavy atom. The van der Waals surface area contributed by atoms with Crippen LogP contribution < -0.4 is 9.80 Å². The summed E-state index contributed by atoms with van der Waals surface area (Å²) in [5.41, 5.74) is 8.62. The highest BCUT2D eigenvalue weighted by Crippen LogP contribution is 2.42. The van der Waals surface area contributed by atoms with Crippen LogP contribution in [0.25, 0.3) is 22.5 Å². The van der Waals surface area contributed by atoms with Crippen molar-refractivity contribution >= 4 is 23.9 Å². The third-order valence-electron chi connectivity index (χ3n) is 9.00. The van der Waals surface area contributed by atoms with Crippen molar-refractivity contribution in [2.75, 3.05) is 29.4 Å². The lowest BCUT2D eigenvalue weighted by Gasteiger charge is -2.40. The van der Waals surface area contributed by atoms with Crippen LogP contribution in [0.4, 0.5) is 11.6 Å². The van der Waals surface area contributed by atoms with Gasteiger partial charge >= 0.3 is 5.97 Å². The quantitative estimate of drug-likeness (QED) is 0.177. The van der Waals surface area contributed by atoms with Gasteiger partial charge in [0.15, 0.2) is 6.29 Å². The van der Waals surface area contributed by atoms with Gasteiger partial charge in [0.25, 0.3) is 0 Å². The van der Waals surface area contributed by atoms with Crippen LogP contribution in [0.2, 0.25) is 0 Å². The van der Waals surface area contributed by atoms with Crippen LogP contribution in [-0.2, 0) is 28.9 Å². The maximum Gasteiger partial charge on any atom is 0.310 e. The Balaban J connectivity index is 1.37. The highest BCUT2D eigenvalue weighted by molar-refractivity contribution is 5.95. The summed E-state index contributed by atoms with van der Waals surface area (Å²) in [4.78, 5) is 52.7. The summed E-state index contributed by atoms with van der Waals surface area (Å²) in [6.45, 7) is 13.3. The lowest BCUT2D eigenvalue weighted by atomic mass is 9.81. The van der Waals surface area contributed by atoms with E-state index in [1.54, 1.807) is 24.8 Å². The van der Waals surface area contributed by atoms with Gasteiger partial charge in [-0.2, -0.15) is 0 Å². The molecule has 0 N–H and O–H groups in total. The minimum atomic E-state index is -0.292. The lowest BCUT2D eigenvalue weighted by molar-refractivity contribution is -0.146. The van der Waals surface area contributed by atoms with Gasteiger partial charge in [-0.25, -0.2) is 15.0 Å². The number of hydrogen-bond donors (Lipinski definition) is 0. The number of aldehydes is 1. The molecular formula is C36H41N7O3. The van der Waals surface area contributed by atoms with Crippen LogP contribution in [0.3, 0.4) is 0 Å². The topological polar surface area (TPSA) is 114 Å². The van der Waals surface area contributed by atoms with Gasteiger partial charge in [0.2, 0.25) is 5.95 Å². The van der Waals surface area contributed by atoms with E-state index in [1.807, 2.05) is 26.8 Å². The Labute approximate surface area is 270 Å².